The zero-order chi connectivity index (χ0) is 27.2. The van der Waals surface area contributed by atoms with E-state index < -0.39 is 23.8 Å². The van der Waals surface area contributed by atoms with Gasteiger partial charge in [-0.1, -0.05) is 43.1 Å². The van der Waals surface area contributed by atoms with E-state index >= 15 is 0 Å². The zero-order valence-corrected chi connectivity index (χ0v) is 21.6. The van der Waals surface area contributed by atoms with Crippen molar-refractivity contribution < 1.29 is 28.7 Å². The van der Waals surface area contributed by atoms with E-state index in [0.29, 0.717) is 29.2 Å². The SMILES string of the molecule is CCCCOC(=O)c1ccc(N2C(=O)C(Cl)=C(Nc3ccc(C(=O)Oc4ccccc4C)cc3)C2=O)cc1. The van der Waals surface area contributed by atoms with Gasteiger partial charge in [0.15, 0.2) is 0 Å². The molecule has 0 atom stereocenters. The number of unbranched alkanes of at least 4 members (excludes halogenated alkanes) is 1. The lowest BCUT2D eigenvalue weighted by atomic mass is 10.2. The lowest BCUT2D eigenvalue weighted by molar-refractivity contribution is -0.120. The van der Waals surface area contributed by atoms with Crippen molar-refractivity contribution in [1.82, 2.24) is 0 Å². The summed E-state index contributed by atoms with van der Waals surface area (Å²) in [5.41, 5.74) is 2.05. The number of anilines is 2. The van der Waals surface area contributed by atoms with Crippen molar-refractivity contribution in [3.63, 3.8) is 0 Å². The second-order valence-corrected chi connectivity index (χ2v) is 8.91. The van der Waals surface area contributed by atoms with Crippen molar-refractivity contribution >= 4 is 46.7 Å². The van der Waals surface area contributed by atoms with Crippen LogP contribution in [0, 0.1) is 6.92 Å². The van der Waals surface area contributed by atoms with Gasteiger partial charge in [-0.3, -0.25) is 9.59 Å². The highest BCUT2D eigenvalue weighted by atomic mass is 35.5. The highest BCUT2D eigenvalue weighted by Gasteiger charge is 2.39. The minimum absolute atomic E-state index is 0.102. The topological polar surface area (TPSA) is 102 Å². The van der Waals surface area contributed by atoms with Crippen molar-refractivity contribution in [2.75, 3.05) is 16.8 Å². The lowest BCUT2D eigenvalue weighted by Crippen LogP contribution is -2.32. The van der Waals surface area contributed by atoms with E-state index in [-0.39, 0.29) is 16.4 Å². The smallest absolute Gasteiger partial charge is 0.343 e. The molecule has 1 aliphatic heterocycles. The molecule has 0 bridgehead atoms. The van der Waals surface area contributed by atoms with Gasteiger partial charge in [-0.25, -0.2) is 14.5 Å². The molecule has 1 N–H and O–H groups in total. The number of esters is 2. The van der Waals surface area contributed by atoms with Crippen LogP contribution in [0.1, 0.15) is 46.0 Å². The van der Waals surface area contributed by atoms with Crippen molar-refractivity contribution in [1.29, 1.82) is 0 Å². The summed E-state index contributed by atoms with van der Waals surface area (Å²) in [7, 11) is 0. The molecule has 4 rings (SSSR count). The number of para-hydroxylation sites is 1. The Bertz CT molecular complexity index is 1410. The average molecular weight is 533 g/mol. The van der Waals surface area contributed by atoms with E-state index in [1.807, 2.05) is 26.0 Å². The van der Waals surface area contributed by atoms with Crippen LogP contribution >= 0.6 is 11.6 Å². The summed E-state index contributed by atoms with van der Waals surface area (Å²) in [6.07, 6.45) is 1.67. The summed E-state index contributed by atoms with van der Waals surface area (Å²) in [5, 5.41) is 2.59. The number of hydrogen-bond donors (Lipinski definition) is 1. The van der Waals surface area contributed by atoms with Gasteiger partial charge in [0, 0.05) is 5.69 Å². The first-order chi connectivity index (χ1) is 18.3. The summed E-state index contributed by atoms with van der Waals surface area (Å²) in [5.74, 6) is -1.89. The Hall–Kier alpha value is -4.43. The molecule has 0 spiro atoms. The third-order valence-electron chi connectivity index (χ3n) is 5.81. The van der Waals surface area contributed by atoms with Gasteiger partial charge >= 0.3 is 11.9 Å². The van der Waals surface area contributed by atoms with Gasteiger partial charge in [-0.2, -0.15) is 0 Å². The van der Waals surface area contributed by atoms with Crippen molar-refractivity contribution in [2.24, 2.45) is 0 Å². The van der Waals surface area contributed by atoms with Gasteiger partial charge in [0.05, 0.1) is 23.4 Å². The Morgan fingerprint density at radius 2 is 1.50 bits per heavy atom. The number of hydrogen-bond acceptors (Lipinski definition) is 7. The predicted octanol–water partition coefficient (Wildman–Crippen LogP) is 5.61. The minimum Gasteiger partial charge on any atom is -0.462 e. The first kappa shape index (κ1) is 26.6. The number of amides is 2. The summed E-state index contributed by atoms with van der Waals surface area (Å²) in [6.45, 7) is 4.16. The molecule has 0 aromatic heterocycles. The van der Waals surface area contributed by atoms with E-state index in [9.17, 15) is 19.2 Å². The van der Waals surface area contributed by atoms with E-state index in [1.54, 1.807) is 24.3 Å². The number of benzene rings is 3. The molecule has 3 aromatic rings. The molecule has 3 aromatic carbocycles. The second-order valence-electron chi connectivity index (χ2n) is 8.53. The number of rotatable bonds is 9. The second kappa shape index (κ2) is 11.7. The Kier molecular flexibility index (Phi) is 8.23. The standard InChI is InChI=1S/C29H25ClN2O6/c1-3-4-17-37-28(35)19-11-15-22(16-12-19)32-26(33)24(30)25(27(32)34)31-21-13-9-20(10-14-21)29(36)38-23-8-6-5-7-18(23)2/h5-16,31H,3-4,17H2,1-2H3. The Morgan fingerprint density at radius 1 is 0.868 bits per heavy atom. The van der Waals surface area contributed by atoms with Crippen LogP contribution in [0.5, 0.6) is 5.75 Å². The van der Waals surface area contributed by atoms with Gasteiger partial charge in [0.25, 0.3) is 11.8 Å². The predicted molar refractivity (Wildman–Crippen MR) is 143 cm³/mol. The molecule has 0 saturated heterocycles. The number of ether oxygens (including phenoxy) is 2. The van der Waals surface area contributed by atoms with Crippen molar-refractivity contribution in [2.45, 2.75) is 26.7 Å². The maximum absolute atomic E-state index is 13.1. The van der Waals surface area contributed by atoms with E-state index in [4.69, 9.17) is 21.1 Å². The fraction of sp³-hybridized carbons (Fsp3) is 0.172. The van der Waals surface area contributed by atoms with Gasteiger partial charge < -0.3 is 14.8 Å². The van der Waals surface area contributed by atoms with Crippen LogP contribution < -0.4 is 15.0 Å². The molecule has 38 heavy (non-hydrogen) atoms. The number of aryl methyl sites for hydroxylation is 1. The highest BCUT2D eigenvalue weighted by molar-refractivity contribution is 6.53. The first-order valence-electron chi connectivity index (χ1n) is 12.0. The summed E-state index contributed by atoms with van der Waals surface area (Å²) in [6, 6.07) is 19.3. The average Bonchev–Trinajstić information content (AvgIpc) is 3.13. The number of halogens is 1. The van der Waals surface area contributed by atoms with Crippen LogP contribution in [0.25, 0.3) is 0 Å². The molecule has 1 aliphatic rings. The normalized spacial score (nSPS) is 13.1. The quantitative estimate of drug-likeness (QED) is 0.165. The number of nitrogens with one attached hydrogen (secondary N) is 1. The van der Waals surface area contributed by atoms with E-state index in [0.717, 1.165) is 23.3 Å². The molecule has 8 nitrogen and oxygen atoms in total. The maximum Gasteiger partial charge on any atom is 0.343 e. The third-order valence-corrected chi connectivity index (χ3v) is 6.16. The zero-order valence-electron chi connectivity index (χ0n) is 20.8. The molecule has 1 heterocycles. The van der Waals surface area contributed by atoms with Crippen LogP contribution in [0.2, 0.25) is 0 Å². The van der Waals surface area contributed by atoms with Gasteiger partial charge in [0.2, 0.25) is 0 Å². The molecule has 0 unspecified atom stereocenters. The lowest BCUT2D eigenvalue weighted by Gasteiger charge is -2.15. The molecular weight excluding hydrogens is 508 g/mol. The van der Waals surface area contributed by atoms with Gasteiger partial charge in [-0.15, -0.1) is 0 Å². The van der Waals surface area contributed by atoms with E-state index in [2.05, 4.69) is 5.32 Å². The molecule has 0 saturated carbocycles. The highest BCUT2D eigenvalue weighted by Crippen LogP contribution is 2.30. The summed E-state index contributed by atoms with van der Waals surface area (Å²) < 4.78 is 10.6. The fourth-order valence-corrected chi connectivity index (χ4v) is 3.86. The van der Waals surface area contributed by atoms with Crippen LogP contribution in [-0.2, 0) is 14.3 Å². The molecule has 0 radical (unpaired) electrons. The van der Waals surface area contributed by atoms with Gasteiger partial charge in [0.1, 0.15) is 16.5 Å². The Labute approximate surface area is 224 Å². The van der Waals surface area contributed by atoms with Crippen molar-refractivity contribution in [3.8, 4) is 5.75 Å². The monoisotopic (exact) mass is 532 g/mol. The number of nitrogens with zero attached hydrogens (tertiary/aromatic N) is 1. The Balaban J connectivity index is 1.43. The molecule has 0 aliphatic carbocycles. The molecule has 0 fully saturated rings. The van der Waals surface area contributed by atoms with Crippen molar-refractivity contribution in [3.05, 3.63) is 100 Å². The number of carbonyl (C=O) groups excluding carboxylic acids is 4. The molecule has 2 amide bonds. The van der Waals surface area contributed by atoms with E-state index in [1.165, 1.54) is 36.4 Å². The fourth-order valence-electron chi connectivity index (χ4n) is 3.65. The molecule has 194 valence electrons. The largest absolute Gasteiger partial charge is 0.462 e. The third kappa shape index (κ3) is 5.76. The van der Waals surface area contributed by atoms with Crippen LogP contribution in [0.3, 0.4) is 0 Å². The first-order valence-corrected chi connectivity index (χ1v) is 12.4. The maximum atomic E-state index is 13.1. The van der Waals surface area contributed by atoms with Gasteiger partial charge in [-0.05, 0) is 73.5 Å². The molecular formula is C29H25ClN2O6. The van der Waals surface area contributed by atoms with Crippen LogP contribution in [0.15, 0.2) is 83.5 Å². The Morgan fingerprint density at radius 3 is 2.16 bits per heavy atom. The summed E-state index contributed by atoms with van der Waals surface area (Å²) in [4.78, 5) is 51.4. The van der Waals surface area contributed by atoms with Crippen LogP contribution in [0.4, 0.5) is 11.4 Å². The van der Waals surface area contributed by atoms with Crippen LogP contribution in [-0.4, -0.2) is 30.4 Å². The minimum atomic E-state index is -0.698. The number of carbonyl (C=O) groups is 4. The molecule has 9 heteroatoms. The summed E-state index contributed by atoms with van der Waals surface area (Å²) >= 11 is 6.21. The number of imide groups is 1.